The molecule has 0 saturated heterocycles. The van der Waals surface area contributed by atoms with Crippen molar-refractivity contribution in [3.63, 3.8) is 0 Å². The van der Waals surface area contributed by atoms with Crippen LogP contribution in [-0.4, -0.2) is 68.4 Å². The summed E-state index contributed by atoms with van der Waals surface area (Å²) in [6, 6.07) is -1.57. The van der Waals surface area contributed by atoms with E-state index >= 15 is 0 Å². The van der Waals surface area contributed by atoms with Crippen LogP contribution in [0, 0.1) is 0 Å². The van der Waals surface area contributed by atoms with Crippen LogP contribution in [0.3, 0.4) is 0 Å². The SMILES string of the molecule is NCC(=O)O.NCCCC[C@H](N)C(=O)O.N[C@@H](Cc1cnc[nH]1)C(=O)O.[Cu]. The number of aliphatic carboxylic acids is 3. The van der Waals surface area contributed by atoms with Gasteiger partial charge in [-0.3, -0.25) is 14.4 Å². The Morgan fingerprint density at radius 2 is 1.56 bits per heavy atom. The number of aromatic amines is 1. The van der Waals surface area contributed by atoms with E-state index in [1.807, 2.05) is 0 Å². The number of nitrogens with zero attached hydrogens (tertiary/aromatic N) is 1. The maximum Gasteiger partial charge on any atom is 0.320 e. The summed E-state index contributed by atoms with van der Waals surface area (Å²) in [6.07, 6.45) is 5.50. The molecule has 0 spiro atoms. The maximum atomic E-state index is 10.3. The Hall–Kier alpha value is -2.02. The van der Waals surface area contributed by atoms with Crippen molar-refractivity contribution in [3.05, 3.63) is 18.2 Å². The molecule has 0 unspecified atom stereocenters. The van der Waals surface area contributed by atoms with Gasteiger partial charge in [0.15, 0.2) is 0 Å². The molecule has 0 aliphatic carbocycles. The zero-order valence-electron chi connectivity index (χ0n) is 14.7. The first-order chi connectivity index (χ1) is 12.1. The molecule has 0 fully saturated rings. The van der Waals surface area contributed by atoms with E-state index in [0.717, 1.165) is 18.5 Å². The predicted octanol–water partition coefficient (Wildman–Crippen LogP) is -2.08. The molecule has 0 aliphatic heterocycles. The molecule has 12 nitrogen and oxygen atoms in total. The topological polar surface area (TPSA) is 245 Å². The number of aromatic nitrogens is 2. The molecule has 0 amide bonds. The van der Waals surface area contributed by atoms with Crippen LogP contribution in [0.2, 0.25) is 0 Å². The number of nitrogens with two attached hydrogens (primary N) is 4. The Bertz CT molecular complexity index is 516. The number of nitrogens with one attached hydrogen (secondary N) is 1. The van der Waals surface area contributed by atoms with E-state index in [2.05, 4.69) is 15.7 Å². The Morgan fingerprint density at radius 1 is 1.04 bits per heavy atom. The van der Waals surface area contributed by atoms with Crippen LogP contribution in [0.5, 0.6) is 0 Å². The van der Waals surface area contributed by atoms with Crippen molar-refractivity contribution in [2.45, 2.75) is 37.8 Å². The normalized spacial score (nSPS) is 11.4. The third-order valence-corrected chi connectivity index (χ3v) is 2.77. The van der Waals surface area contributed by atoms with Crippen molar-refractivity contribution in [3.8, 4) is 0 Å². The van der Waals surface area contributed by atoms with Crippen molar-refractivity contribution in [1.29, 1.82) is 0 Å². The fourth-order valence-electron chi connectivity index (χ4n) is 1.35. The molecule has 12 N–H and O–H groups in total. The van der Waals surface area contributed by atoms with E-state index < -0.39 is 30.0 Å². The molecular weight excluding hydrogens is 412 g/mol. The molecule has 13 heteroatoms. The first kappa shape index (κ1) is 29.7. The van der Waals surface area contributed by atoms with E-state index in [1.54, 1.807) is 6.20 Å². The zero-order chi connectivity index (χ0) is 20.5. The summed E-state index contributed by atoms with van der Waals surface area (Å²) in [4.78, 5) is 36.1. The number of rotatable bonds is 9. The van der Waals surface area contributed by atoms with Gasteiger partial charge >= 0.3 is 17.9 Å². The van der Waals surface area contributed by atoms with Crippen LogP contribution in [0.25, 0.3) is 0 Å². The number of carboxylic acid groups (broad SMARTS) is 3. The smallest absolute Gasteiger partial charge is 0.320 e. The van der Waals surface area contributed by atoms with Gasteiger partial charge in [0.1, 0.15) is 12.1 Å². The average Bonchev–Trinajstić information content (AvgIpc) is 3.08. The summed E-state index contributed by atoms with van der Waals surface area (Å²) in [5.74, 6) is -2.90. The average molecular weight is 440 g/mol. The Labute approximate surface area is 167 Å². The molecule has 1 heterocycles. The van der Waals surface area contributed by atoms with E-state index in [0.29, 0.717) is 13.0 Å². The van der Waals surface area contributed by atoms with Crippen LogP contribution in [-0.2, 0) is 37.9 Å². The molecule has 0 aliphatic rings. The van der Waals surface area contributed by atoms with Crippen LogP contribution in [0.15, 0.2) is 12.5 Å². The molecule has 1 rings (SSSR count). The van der Waals surface area contributed by atoms with Gasteiger partial charge in [-0.25, -0.2) is 4.98 Å². The molecule has 1 aromatic heterocycles. The largest absolute Gasteiger partial charge is 0.480 e. The molecule has 0 saturated carbocycles. The molecular formula is C14H28CuN6O6. The molecule has 2 atom stereocenters. The summed E-state index contributed by atoms with van der Waals surface area (Å²) in [6.45, 7) is 0.326. The number of carboxylic acids is 3. The van der Waals surface area contributed by atoms with Gasteiger partial charge in [0.2, 0.25) is 0 Å². The van der Waals surface area contributed by atoms with Gasteiger partial charge in [0, 0.05) is 35.4 Å². The third kappa shape index (κ3) is 20.1. The van der Waals surface area contributed by atoms with Crippen molar-refractivity contribution in [2.24, 2.45) is 22.9 Å². The quantitative estimate of drug-likeness (QED) is 0.153. The van der Waals surface area contributed by atoms with E-state index in [1.165, 1.54) is 6.33 Å². The second-order valence-corrected chi connectivity index (χ2v) is 5.05. The molecule has 1 radical (unpaired) electrons. The van der Waals surface area contributed by atoms with Gasteiger partial charge in [0.25, 0.3) is 0 Å². The minimum atomic E-state index is -1.00. The number of hydrogen-bond donors (Lipinski definition) is 8. The number of unbranched alkanes of at least 4 members (excludes halogenated alkanes) is 1. The molecule has 27 heavy (non-hydrogen) atoms. The standard InChI is InChI=1S/C6H9N3O2.C6H14N2O2.C2H5NO2.Cu/c7-5(6(10)11)1-4-2-8-3-9-4;7-4-2-1-3-5(8)6(9)10;3-1-2(4)5;/h2-3,5H,1,7H2,(H,8,9)(H,10,11);5H,1-4,7-8H2,(H,9,10);1,3H2,(H,4,5);/t2*5-;;/m00../s1. The Kier molecular flexibility index (Phi) is 20.7. The van der Waals surface area contributed by atoms with Gasteiger partial charge in [0.05, 0.1) is 12.9 Å². The van der Waals surface area contributed by atoms with Gasteiger partial charge < -0.3 is 43.2 Å². The molecule has 0 aromatic carbocycles. The third-order valence-electron chi connectivity index (χ3n) is 2.77. The minimum Gasteiger partial charge on any atom is -0.480 e. The number of carbonyl (C=O) groups is 3. The first-order valence-electron chi connectivity index (χ1n) is 7.71. The Balaban J connectivity index is -0.000000336. The summed E-state index contributed by atoms with van der Waals surface area (Å²) in [5.41, 5.74) is 21.0. The molecule has 1 aromatic rings. The molecule has 0 bridgehead atoms. The van der Waals surface area contributed by atoms with Crippen molar-refractivity contribution < 1.29 is 46.8 Å². The molecule has 161 valence electrons. The van der Waals surface area contributed by atoms with Crippen LogP contribution < -0.4 is 22.9 Å². The second kappa shape index (κ2) is 18.8. The van der Waals surface area contributed by atoms with Gasteiger partial charge in [-0.15, -0.1) is 0 Å². The Morgan fingerprint density at radius 3 is 1.89 bits per heavy atom. The number of hydrogen-bond acceptors (Lipinski definition) is 8. The van der Waals surface area contributed by atoms with Crippen LogP contribution in [0.1, 0.15) is 25.0 Å². The second-order valence-electron chi connectivity index (χ2n) is 5.05. The monoisotopic (exact) mass is 439 g/mol. The van der Waals surface area contributed by atoms with Gasteiger partial charge in [-0.2, -0.15) is 0 Å². The van der Waals surface area contributed by atoms with Crippen molar-refractivity contribution in [1.82, 2.24) is 9.97 Å². The van der Waals surface area contributed by atoms with Gasteiger partial charge in [-0.05, 0) is 19.4 Å². The summed E-state index contributed by atoms with van der Waals surface area (Å²) in [7, 11) is 0. The predicted molar refractivity (Wildman–Crippen MR) is 93.1 cm³/mol. The van der Waals surface area contributed by atoms with Crippen LogP contribution in [0.4, 0.5) is 0 Å². The van der Waals surface area contributed by atoms with Crippen LogP contribution >= 0.6 is 0 Å². The minimum absolute atomic E-state index is 0. The first-order valence-corrected chi connectivity index (χ1v) is 7.71. The summed E-state index contributed by atoms with van der Waals surface area (Å²) >= 11 is 0. The van der Waals surface area contributed by atoms with E-state index in [-0.39, 0.29) is 30.0 Å². The fourth-order valence-corrected chi connectivity index (χ4v) is 1.35. The van der Waals surface area contributed by atoms with Gasteiger partial charge in [-0.1, -0.05) is 6.42 Å². The van der Waals surface area contributed by atoms with E-state index in [9.17, 15) is 14.4 Å². The summed E-state index contributed by atoms with van der Waals surface area (Å²) < 4.78 is 0. The number of H-pyrrole nitrogens is 1. The van der Waals surface area contributed by atoms with Crippen molar-refractivity contribution >= 4 is 17.9 Å². The maximum absolute atomic E-state index is 10.3. The van der Waals surface area contributed by atoms with E-state index in [4.69, 9.17) is 32.5 Å². The number of imidazole rings is 1. The fraction of sp³-hybridized carbons (Fsp3) is 0.571. The van der Waals surface area contributed by atoms with Crippen molar-refractivity contribution in [2.75, 3.05) is 13.1 Å². The summed E-state index contributed by atoms with van der Waals surface area (Å²) in [5, 5.41) is 24.3. The zero-order valence-corrected chi connectivity index (χ0v) is 15.6.